The normalized spacial score (nSPS) is 9.38. The van der Waals surface area contributed by atoms with Crippen LogP contribution in [-0.4, -0.2) is 43.1 Å². The van der Waals surface area contributed by atoms with Crippen LogP contribution < -0.4 is 12.4 Å². The summed E-state index contributed by atoms with van der Waals surface area (Å²) in [6.45, 7) is 7.49. The summed E-state index contributed by atoms with van der Waals surface area (Å²) < 4.78 is 10.1. The van der Waals surface area contributed by atoms with Crippen LogP contribution >= 0.6 is 0 Å². The second-order valence-electron chi connectivity index (χ2n) is 2.07. The Morgan fingerprint density at radius 2 is 1.92 bits per heavy atom. The van der Waals surface area contributed by atoms with Crippen molar-refractivity contribution in [2.45, 2.75) is 19.8 Å². The molecule has 13 heavy (non-hydrogen) atoms. The molecule has 2 nitrogen and oxygen atoms in total. The Kier molecular flexibility index (Phi) is 27.5. The van der Waals surface area contributed by atoms with Crippen LogP contribution in [0.25, 0.3) is 0 Å². The van der Waals surface area contributed by atoms with Gasteiger partial charge in [0, 0.05) is 6.61 Å². The summed E-state index contributed by atoms with van der Waals surface area (Å²) in [5.41, 5.74) is 0. The minimum atomic E-state index is 0. The van der Waals surface area contributed by atoms with Gasteiger partial charge < -0.3 is 28.8 Å². The molecule has 0 atom stereocenters. The number of rotatable bonds is 7. The molecule has 0 amide bonds. The Hall–Kier alpha value is 0.716. The van der Waals surface area contributed by atoms with Crippen molar-refractivity contribution < 1.29 is 21.9 Å². The molecule has 0 saturated carbocycles. The first-order valence-electron chi connectivity index (χ1n) is 4.01. The molecule has 0 aromatic carbocycles. The van der Waals surface area contributed by atoms with Crippen molar-refractivity contribution in [1.82, 2.24) is 0 Å². The van der Waals surface area contributed by atoms with E-state index in [-0.39, 0.29) is 35.5 Å². The van der Waals surface area contributed by atoms with Crippen LogP contribution in [0.2, 0.25) is 0 Å². The smallest absolute Gasteiger partial charge is 1.00 e. The van der Waals surface area contributed by atoms with Gasteiger partial charge in [-0.05, 0) is 13.3 Å². The quantitative estimate of drug-likeness (QED) is 0.175. The fraction of sp³-hybridized carbons (Fsp3) is 0.667. The van der Waals surface area contributed by atoms with Crippen LogP contribution in [0.1, 0.15) is 19.8 Å². The van der Waals surface area contributed by atoms with Gasteiger partial charge in [-0.3, -0.25) is 0 Å². The Morgan fingerprint density at radius 3 is 2.46 bits per heavy atom. The molecular weight excluding hydrogens is 200 g/mol. The second-order valence-corrected chi connectivity index (χ2v) is 2.07. The maximum atomic E-state index is 5.13. The summed E-state index contributed by atoms with van der Waals surface area (Å²) in [6, 6.07) is 0. The Morgan fingerprint density at radius 1 is 1.23 bits per heavy atom. The number of halogens is 1. The molecule has 74 valence electrons. The van der Waals surface area contributed by atoms with Crippen molar-refractivity contribution in [2.75, 3.05) is 20.0 Å². The average Bonchev–Trinajstić information content (AvgIpc) is 2.03. The molecule has 4 heteroatoms. The average molecular weight is 217 g/mol. The van der Waals surface area contributed by atoms with Crippen LogP contribution in [0, 0.1) is 6.92 Å². The van der Waals surface area contributed by atoms with Crippen molar-refractivity contribution in [2.24, 2.45) is 0 Å². The van der Waals surface area contributed by atoms with Gasteiger partial charge in [-0.25, -0.2) is 0 Å². The molecule has 0 unspecified atom stereocenters. The van der Waals surface area contributed by atoms with Crippen LogP contribution in [-0.2, 0) is 9.47 Å². The molecule has 0 rings (SSSR count). The van der Waals surface area contributed by atoms with Crippen LogP contribution in [0.3, 0.4) is 0 Å². The Bertz CT molecular complexity index is 99.6. The zero-order valence-corrected chi connectivity index (χ0v) is 10.5. The van der Waals surface area contributed by atoms with E-state index in [1.54, 1.807) is 0 Å². The standard InChI is InChI=1S/C9H17O2.ClH.Mg/c1-3-5-6-7-8-11-9-10-4-2;;/h5-6H,1,3-4,7-9H2,2H3;1H;/q-1;;+2/p-1/b6-5+;;. The molecule has 0 heterocycles. The van der Waals surface area contributed by atoms with Crippen molar-refractivity contribution in [3.05, 3.63) is 19.1 Å². The van der Waals surface area contributed by atoms with Gasteiger partial charge in [-0.2, -0.15) is 6.42 Å². The molecule has 0 aromatic heterocycles. The monoisotopic (exact) mass is 216 g/mol. The molecule has 0 spiro atoms. The minimum absolute atomic E-state index is 0. The summed E-state index contributed by atoms with van der Waals surface area (Å²) in [6.07, 6.45) is 5.90. The molecule has 0 fully saturated rings. The molecule has 0 aliphatic heterocycles. The molecule has 0 bridgehead atoms. The maximum Gasteiger partial charge on any atom is 2.00 e. The van der Waals surface area contributed by atoms with Gasteiger partial charge in [-0.1, -0.05) is 6.08 Å². The van der Waals surface area contributed by atoms with E-state index in [9.17, 15) is 0 Å². The SMILES string of the molecule is [CH2-]C/C=C/CCOCOCC.[Cl-].[Mg+2]. The Labute approximate surface area is 104 Å². The summed E-state index contributed by atoms with van der Waals surface area (Å²) in [5, 5.41) is 0. The maximum absolute atomic E-state index is 5.13. The molecule has 0 aromatic rings. The van der Waals surface area contributed by atoms with E-state index in [1.807, 2.05) is 13.0 Å². The number of ether oxygens (including phenoxy) is 2. The minimum Gasteiger partial charge on any atom is -1.00 e. The Balaban J connectivity index is -0.000000500. The van der Waals surface area contributed by atoms with E-state index in [1.165, 1.54) is 0 Å². The van der Waals surface area contributed by atoms with Crippen LogP contribution in [0.15, 0.2) is 12.2 Å². The molecule has 0 saturated heterocycles. The van der Waals surface area contributed by atoms with Gasteiger partial charge in [0.1, 0.15) is 6.79 Å². The van der Waals surface area contributed by atoms with E-state index >= 15 is 0 Å². The predicted octanol–water partition coefficient (Wildman–Crippen LogP) is -1.21. The zero-order valence-electron chi connectivity index (χ0n) is 8.30. The predicted molar refractivity (Wildman–Crippen MR) is 51.9 cm³/mol. The fourth-order valence-electron chi connectivity index (χ4n) is 0.588. The third kappa shape index (κ3) is 19.2. The third-order valence-corrected chi connectivity index (χ3v) is 1.13. The first-order chi connectivity index (χ1) is 5.41. The number of hydrogen-bond acceptors (Lipinski definition) is 2. The third-order valence-electron chi connectivity index (χ3n) is 1.13. The van der Waals surface area contributed by atoms with Gasteiger partial charge in [-0.15, -0.1) is 6.08 Å². The van der Waals surface area contributed by atoms with Gasteiger partial charge in [0.25, 0.3) is 0 Å². The van der Waals surface area contributed by atoms with Crippen LogP contribution in [0.5, 0.6) is 0 Å². The van der Waals surface area contributed by atoms with Gasteiger partial charge in [0.15, 0.2) is 0 Å². The first kappa shape index (κ1) is 19.3. The number of hydrogen-bond donors (Lipinski definition) is 0. The van der Waals surface area contributed by atoms with E-state index < -0.39 is 0 Å². The van der Waals surface area contributed by atoms with E-state index in [0.29, 0.717) is 13.4 Å². The summed E-state index contributed by atoms with van der Waals surface area (Å²) >= 11 is 0. The van der Waals surface area contributed by atoms with E-state index in [0.717, 1.165) is 19.4 Å². The van der Waals surface area contributed by atoms with Gasteiger partial charge >= 0.3 is 23.1 Å². The molecule has 0 aliphatic carbocycles. The molecule has 0 radical (unpaired) electrons. The molecule has 0 aliphatic rings. The zero-order chi connectivity index (χ0) is 8.36. The van der Waals surface area contributed by atoms with E-state index in [2.05, 4.69) is 13.0 Å². The largest absolute Gasteiger partial charge is 2.00 e. The summed E-state index contributed by atoms with van der Waals surface area (Å²) in [7, 11) is 0. The second kappa shape index (κ2) is 18.5. The molecule has 0 N–H and O–H groups in total. The van der Waals surface area contributed by atoms with Crippen molar-refractivity contribution in [3.63, 3.8) is 0 Å². The van der Waals surface area contributed by atoms with E-state index in [4.69, 9.17) is 9.47 Å². The first-order valence-corrected chi connectivity index (χ1v) is 4.01. The molecular formula is C9H17ClMgO2. The van der Waals surface area contributed by atoms with Crippen molar-refractivity contribution in [3.8, 4) is 0 Å². The van der Waals surface area contributed by atoms with Crippen LogP contribution in [0.4, 0.5) is 0 Å². The van der Waals surface area contributed by atoms with Gasteiger partial charge in [0.05, 0.1) is 6.61 Å². The van der Waals surface area contributed by atoms with Gasteiger partial charge in [0.2, 0.25) is 0 Å². The van der Waals surface area contributed by atoms with Crippen molar-refractivity contribution in [1.29, 1.82) is 0 Å². The topological polar surface area (TPSA) is 18.5 Å². The number of allylic oxidation sites excluding steroid dienone is 1. The summed E-state index contributed by atoms with van der Waals surface area (Å²) in [5.74, 6) is 0. The summed E-state index contributed by atoms with van der Waals surface area (Å²) in [4.78, 5) is 0. The van der Waals surface area contributed by atoms with Crippen molar-refractivity contribution >= 4 is 23.1 Å². The fourth-order valence-corrected chi connectivity index (χ4v) is 0.588.